The molecule has 0 saturated heterocycles. The first-order chi connectivity index (χ1) is 12.6. The summed E-state index contributed by atoms with van der Waals surface area (Å²) in [6.45, 7) is 1.32. The maximum absolute atomic E-state index is 12.4. The topological polar surface area (TPSA) is 82.2 Å². The van der Waals surface area contributed by atoms with E-state index in [1.165, 1.54) is 32.1 Å². The zero-order valence-electron chi connectivity index (χ0n) is 15.4. The number of ether oxygens (including phenoxy) is 1. The van der Waals surface area contributed by atoms with Crippen molar-refractivity contribution in [3.05, 3.63) is 36.0 Å². The molecular formula is C20H28N4O2. The number of benzene rings is 1. The fourth-order valence-electron chi connectivity index (χ4n) is 3.36. The van der Waals surface area contributed by atoms with Crippen molar-refractivity contribution in [2.45, 2.75) is 44.6 Å². The maximum Gasteiger partial charge on any atom is 0.251 e. The monoisotopic (exact) mass is 356 g/mol. The van der Waals surface area contributed by atoms with Gasteiger partial charge in [0.2, 0.25) is 0 Å². The Morgan fingerprint density at radius 2 is 2.15 bits per heavy atom. The molecule has 1 amide bonds. The molecule has 0 bridgehead atoms. The lowest BCUT2D eigenvalue weighted by molar-refractivity contribution is 0.0273. The van der Waals surface area contributed by atoms with Gasteiger partial charge in [-0.3, -0.25) is 9.48 Å². The highest BCUT2D eigenvalue weighted by Gasteiger charge is 2.13. The molecule has 1 aliphatic rings. The summed E-state index contributed by atoms with van der Waals surface area (Å²) >= 11 is 0. The van der Waals surface area contributed by atoms with Gasteiger partial charge in [0.1, 0.15) is 5.82 Å². The molecule has 0 spiro atoms. The van der Waals surface area contributed by atoms with Crippen molar-refractivity contribution in [1.29, 1.82) is 0 Å². The molecule has 26 heavy (non-hydrogen) atoms. The molecule has 0 aliphatic heterocycles. The highest BCUT2D eigenvalue weighted by atomic mass is 16.5. The number of nitrogen functional groups attached to an aromatic ring is 1. The Morgan fingerprint density at radius 3 is 2.88 bits per heavy atom. The van der Waals surface area contributed by atoms with Crippen LogP contribution >= 0.6 is 0 Å². The van der Waals surface area contributed by atoms with Crippen molar-refractivity contribution in [2.75, 3.05) is 18.9 Å². The van der Waals surface area contributed by atoms with Crippen molar-refractivity contribution < 1.29 is 9.53 Å². The number of hydrogen-bond donors (Lipinski definition) is 2. The molecule has 1 aromatic carbocycles. The number of rotatable bonds is 7. The van der Waals surface area contributed by atoms with Crippen LogP contribution in [0.5, 0.6) is 0 Å². The summed E-state index contributed by atoms with van der Waals surface area (Å²) in [5.41, 5.74) is 8.37. The number of aromatic nitrogens is 2. The van der Waals surface area contributed by atoms with E-state index in [4.69, 9.17) is 10.5 Å². The van der Waals surface area contributed by atoms with Gasteiger partial charge in [-0.25, -0.2) is 0 Å². The van der Waals surface area contributed by atoms with Crippen molar-refractivity contribution >= 4 is 11.7 Å². The number of carbonyl (C=O) groups is 1. The minimum atomic E-state index is -0.0769. The number of hydrogen-bond acceptors (Lipinski definition) is 4. The van der Waals surface area contributed by atoms with E-state index in [0.29, 0.717) is 30.6 Å². The van der Waals surface area contributed by atoms with Crippen LogP contribution in [0.4, 0.5) is 5.82 Å². The van der Waals surface area contributed by atoms with Crippen LogP contribution in [-0.2, 0) is 11.8 Å². The van der Waals surface area contributed by atoms with Gasteiger partial charge < -0.3 is 15.8 Å². The number of amides is 1. The number of anilines is 1. The number of aryl methyl sites for hydroxylation is 1. The van der Waals surface area contributed by atoms with Crippen LogP contribution in [0.25, 0.3) is 11.1 Å². The molecule has 3 rings (SSSR count). The molecule has 0 unspecified atom stereocenters. The second kappa shape index (κ2) is 8.85. The van der Waals surface area contributed by atoms with E-state index in [9.17, 15) is 4.79 Å². The van der Waals surface area contributed by atoms with Gasteiger partial charge >= 0.3 is 0 Å². The molecule has 1 aromatic heterocycles. The first-order valence-electron chi connectivity index (χ1n) is 9.43. The Labute approximate surface area is 154 Å². The van der Waals surface area contributed by atoms with E-state index in [-0.39, 0.29) is 5.91 Å². The van der Waals surface area contributed by atoms with Gasteiger partial charge in [0.25, 0.3) is 5.91 Å². The fraction of sp³-hybridized carbons (Fsp3) is 0.500. The van der Waals surface area contributed by atoms with Gasteiger partial charge in [0.15, 0.2) is 0 Å². The zero-order chi connectivity index (χ0) is 18.4. The molecular weight excluding hydrogens is 328 g/mol. The molecule has 1 heterocycles. The van der Waals surface area contributed by atoms with E-state index in [0.717, 1.165) is 17.5 Å². The van der Waals surface area contributed by atoms with Gasteiger partial charge in [-0.15, -0.1) is 0 Å². The quantitative estimate of drug-likeness (QED) is 0.747. The minimum absolute atomic E-state index is 0.0769. The lowest BCUT2D eigenvalue weighted by Crippen LogP contribution is -2.26. The highest BCUT2D eigenvalue weighted by Crippen LogP contribution is 2.25. The van der Waals surface area contributed by atoms with Crippen LogP contribution in [0.15, 0.2) is 30.5 Å². The summed E-state index contributed by atoms with van der Waals surface area (Å²) in [6, 6.07) is 7.45. The Morgan fingerprint density at radius 1 is 1.35 bits per heavy atom. The predicted molar refractivity (Wildman–Crippen MR) is 103 cm³/mol. The third kappa shape index (κ3) is 4.64. The van der Waals surface area contributed by atoms with Crippen LogP contribution in [0.3, 0.4) is 0 Å². The number of carbonyl (C=O) groups excluding carboxylic acids is 1. The Kier molecular flexibility index (Phi) is 6.28. The Balaban J connectivity index is 1.47. The second-order valence-electron chi connectivity index (χ2n) is 6.89. The third-order valence-corrected chi connectivity index (χ3v) is 4.93. The van der Waals surface area contributed by atoms with Crippen LogP contribution in [-0.4, -0.2) is 34.9 Å². The second-order valence-corrected chi connectivity index (χ2v) is 6.89. The SMILES string of the molecule is Cn1ncc(-c2cccc(C(=O)NCCCOC3CCCCC3)c2)c1N. The first-order valence-corrected chi connectivity index (χ1v) is 9.43. The van der Waals surface area contributed by atoms with Gasteiger partial charge in [-0.1, -0.05) is 31.4 Å². The van der Waals surface area contributed by atoms with Gasteiger partial charge in [-0.2, -0.15) is 5.10 Å². The molecule has 1 fully saturated rings. The number of nitrogens with zero attached hydrogens (tertiary/aromatic N) is 2. The standard InChI is InChI=1S/C20H28N4O2/c1-24-19(21)18(14-23-24)15-7-5-8-16(13-15)20(25)22-11-6-12-26-17-9-3-2-4-10-17/h5,7-8,13-14,17H,2-4,6,9-12,21H2,1H3,(H,22,25). The Hall–Kier alpha value is -2.34. The molecule has 6 nitrogen and oxygen atoms in total. The Bertz CT molecular complexity index is 735. The van der Waals surface area contributed by atoms with E-state index < -0.39 is 0 Å². The summed E-state index contributed by atoms with van der Waals surface area (Å²) < 4.78 is 7.51. The summed E-state index contributed by atoms with van der Waals surface area (Å²) in [6.07, 6.45) is 9.21. The average molecular weight is 356 g/mol. The lowest BCUT2D eigenvalue weighted by atomic mass is 9.98. The number of nitrogens with one attached hydrogen (secondary N) is 1. The van der Waals surface area contributed by atoms with E-state index >= 15 is 0 Å². The van der Waals surface area contributed by atoms with E-state index in [1.54, 1.807) is 17.9 Å². The van der Waals surface area contributed by atoms with Crippen LogP contribution in [0.2, 0.25) is 0 Å². The zero-order valence-corrected chi connectivity index (χ0v) is 15.4. The normalized spacial score (nSPS) is 15.1. The van der Waals surface area contributed by atoms with Crippen molar-refractivity contribution in [3.8, 4) is 11.1 Å². The number of nitrogens with two attached hydrogens (primary N) is 1. The molecule has 6 heteroatoms. The third-order valence-electron chi connectivity index (χ3n) is 4.93. The minimum Gasteiger partial charge on any atom is -0.383 e. The molecule has 3 N–H and O–H groups in total. The van der Waals surface area contributed by atoms with Crippen molar-refractivity contribution in [2.24, 2.45) is 7.05 Å². The first kappa shape index (κ1) is 18.5. The molecule has 140 valence electrons. The average Bonchev–Trinajstić information content (AvgIpc) is 3.01. The van der Waals surface area contributed by atoms with Crippen molar-refractivity contribution in [1.82, 2.24) is 15.1 Å². The van der Waals surface area contributed by atoms with Crippen LogP contribution < -0.4 is 11.1 Å². The van der Waals surface area contributed by atoms with E-state index in [2.05, 4.69) is 10.4 Å². The lowest BCUT2D eigenvalue weighted by Gasteiger charge is -2.21. The molecule has 1 saturated carbocycles. The summed E-state index contributed by atoms with van der Waals surface area (Å²) in [4.78, 5) is 12.4. The molecule has 0 radical (unpaired) electrons. The summed E-state index contributed by atoms with van der Waals surface area (Å²) in [7, 11) is 1.80. The fourth-order valence-corrected chi connectivity index (χ4v) is 3.36. The smallest absolute Gasteiger partial charge is 0.251 e. The molecule has 1 aliphatic carbocycles. The molecule has 0 atom stereocenters. The summed E-state index contributed by atoms with van der Waals surface area (Å²) in [5, 5.41) is 7.12. The van der Waals surface area contributed by atoms with Gasteiger partial charge in [0.05, 0.1) is 12.3 Å². The largest absolute Gasteiger partial charge is 0.383 e. The van der Waals surface area contributed by atoms with Gasteiger partial charge in [0, 0.05) is 31.3 Å². The summed E-state index contributed by atoms with van der Waals surface area (Å²) in [5.74, 6) is 0.509. The highest BCUT2D eigenvalue weighted by molar-refractivity contribution is 5.95. The molecule has 2 aromatic rings. The van der Waals surface area contributed by atoms with Gasteiger partial charge in [-0.05, 0) is 37.0 Å². The predicted octanol–water partition coefficient (Wildman–Crippen LogP) is 3.14. The van der Waals surface area contributed by atoms with E-state index in [1.807, 2.05) is 24.3 Å². The van der Waals surface area contributed by atoms with Crippen LogP contribution in [0.1, 0.15) is 48.9 Å². The van der Waals surface area contributed by atoms with Crippen LogP contribution in [0, 0.1) is 0 Å². The van der Waals surface area contributed by atoms with Crippen molar-refractivity contribution in [3.63, 3.8) is 0 Å². The maximum atomic E-state index is 12.4.